The van der Waals surface area contributed by atoms with Crippen molar-refractivity contribution in [2.75, 3.05) is 39.4 Å². The highest BCUT2D eigenvalue weighted by Gasteiger charge is 2.19. The van der Waals surface area contributed by atoms with Gasteiger partial charge in [0, 0.05) is 18.7 Å². The van der Waals surface area contributed by atoms with Crippen LogP contribution in [0, 0.1) is 23.1 Å². The van der Waals surface area contributed by atoms with E-state index >= 15 is 0 Å². The van der Waals surface area contributed by atoms with Gasteiger partial charge in [-0.15, -0.1) is 0 Å². The van der Waals surface area contributed by atoms with E-state index in [0.29, 0.717) is 30.2 Å². The number of benzene rings is 2. The normalized spacial score (nSPS) is 14.8. The molecule has 164 valence electrons. The molecule has 6 heteroatoms. The molecule has 0 aliphatic carbocycles. The van der Waals surface area contributed by atoms with Crippen molar-refractivity contribution in [3.63, 3.8) is 0 Å². The molecular formula is C25H30FN3O2. The van der Waals surface area contributed by atoms with E-state index in [1.807, 2.05) is 12.1 Å². The number of amides is 1. The van der Waals surface area contributed by atoms with Crippen molar-refractivity contribution in [1.82, 2.24) is 10.2 Å². The predicted octanol–water partition coefficient (Wildman–Crippen LogP) is 3.79. The highest BCUT2D eigenvalue weighted by Crippen LogP contribution is 2.18. The maximum absolute atomic E-state index is 12.9. The van der Waals surface area contributed by atoms with Crippen LogP contribution in [0.5, 0.6) is 0 Å². The van der Waals surface area contributed by atoms with E-state index in [0.717, 1.165) is 57.5 Å². The number of rotatable bonds is 10. The zero-order valence-electron chi connectivity index (χ0n) is 17.9. The monoisotopic (exact) mass is 423 g/mol. The molecule has 1 fully saturated rings. The average Bonchev–Trinajstić information content (AvgIpc) is 2.81. The van der Waals surface area contributed by atoms with E-state index in [-0.39, 0.29) is 11.7 Å². The number of nitrogens with zero attached hydrogens (tertiary/aromatic N) is 2. The summed E-state index contributed by atoms with van der Waals surface area (Å²) >= 11 is 0. The highest BCUT2D eigenvalue weighted by molar-refractivity contribution is 5.94. The fraction of sp³-hybridized carbons (Fsp3) is 0.440. The summed E-state index contributed by atoms with van der Waals surface area (Å²) in [6.07, 6.45) is 3.97. The second kappa shape index (κ2) is 12.2. The van der Waals surface area contributed by atoms with Gasteiger partial charge < -0.3 is 15.0 Å². The van der Waals surface area contributed by atoms with E-state index in [9.17, 15) is 9.18 Å². The Balaban J connectivity index is 1.23. The zero-order chi connectivity index (χ0) is 21.9. The minimum Gasteiger partial charge on any atom is -0.381 e. The summed E-state index contributed by atoms with van der Waals surface area (Å²) in [5.74, 6) is 0.259. The Bertz CT molecular complexity index is 871. The number of halogens is 1. The van der Waals surface area contributed by atoms with Gasteiger partial charge in [0.05, 0.1) is 18.2 Å². The molecule has 0 saturated carbocycles. The minimum atomic E-state index is -0.204. The third-order valence-corrected chi connectivity index (χ3v) is 5.70. The molecule has 1 aliphatic heterocycles. The zero-order valence-corrected chi connectivity index (χ0v) is 17.9. The lowest BCUT2D eigenvalue weighted by atomic mass is 9.97. The molecule has 0 atom stereocenters. The van der Waals surface area contributed by atoms with Crippen molar-refractivity contribution in [2.45, 2.75) is 25.7 Å². The second-order valence-corrected chi connectivity index (χ2v) is 8.04. The lowest BCUT2D eigenvalue weighted by Crippen LogP contribution is -2.37. The molecule has 0 bridgehead atoms. The molecule has 0 aromatic heterocycles. The van der Waals surface area contributed by atoms with E-state index in [1.54, 1.807) is 24.3 Å². The Morgan fingerprint density at radius 2 is 1.97 bits per heavy atom. The van der Waals surface area contributed by atoms with Crippen molar-refractivity contribution in [1.29, 1.82) is 5.26 Å². The van der Waals surface area contributed by atoms with Gasteiger partial charge in [0.15, 0.2) is 0 Å². The van der Waals surface area contributed by atoms with Crippen LogP contribution in [-0.2, 0) is 11.2 Å². The number of likely N-dealkylation sites (tertiary alicyclic amines) is 1. The summed E-state index contributed by atoms with van der Waals surface area (Å²) in [5.41, 5.74) is 2.12. The van der Waals surface area contributed by atoms with Gasteiger partial charge >= 0.3 is 0 Å². The van der Waals surface area contributed by atoms with Gasteiger partial charge in [0.25, 0.3) is 5.91 Å². The summed E-state index contributed by atoms with van der Waals surface area (Å²) in [5, 5.41) is 11.9. The van der Waals surface area contributed by atoms with Gasteiger partial charge in [-0.3, -0.25) is 4.79 Å². The molecule has 0 radical (unpaired) electrons. The lowest BCUT2D eigenvalue weighted by molar-refractivity contribution is 0.0682. The van der Waals surface area contributed by atoms with Gasteiger partial charge in [-0.25, -0.2) is 4.39 Å². The number of ether oxygens (including phenoxy) is 1. The van der Waals surface area contributed by atoms with E-state index in [4.69, 9.17) is 10.00 Å². The molecule has 1 heterocycles. The SMILES string of the molecule is N#Cc1cccc(C(=O)NCCCN2CCC(COCCc3ccc(F)cc3)CC2)c1. The first-order valence-corrected chi connectivity index (χ1v) is 11.0. The van der Waals surface area contributed by atoms with E-state index < -0.39 is 0 Å². The average molecular weight is 424 g/mol. The summed E-state index contributed by atoms with van der Waals surface area (Å²) in [4.78, 5) is 14.6. The van der Waals surface area contributed by atoms with Gasteiger partial charge in [0.1, 0.15) is 5.82 Å². The van der Waals surface area contributed by atoms with Crippen molar-refractivity contribution >= 4 is 5.91 Å². The van der Waals surface area contributed by atoms with Crippen LogP contribution in [0.2, 0.25) is 0 Å². The standard InChI is InChI=1S/C25H30FN3O2/c26-24-7-5-20(6-8-24)11-16-31-19-21-9-14-29(15-10-21)13-2-12-28-25(30)23-4-1-3-22(17-23)18-27/h1,3-8,17,21H,2,9-16,19H2,(H,28,30). The number of nitriles is 1. The third kappa shape index (κ3) is 7.78. The number of nitrogens with one attached hydrogen (secondary N) is 1. The number of carbonyl (C=O) groups is 1. The molecule has 0 unspecified atom stereocenters. The first kappa shape index (κ1) is 22.9. The van der Waals surface area contributed by atoms with Gasteiger partial charge in [0.2, 0.25) is 0 Å². The largest absolute Gasteiger partial charge is 0.381 e. The summed E-state index contributed by atoms with van der Waals surface area (Å²) in [7, 11) is 0. The van der Waals surface area contributed by atoms with E-state index in [2.05, 4.69) is 16.3 Å². The molecule has 1 amide bonds. The molecule has 1 saturated heterocycles. The minimum absolute atomic E-state index is 0.131. The van der Waals surface area contributed by atoms with Crippen LogP contribution < -0.4 is 5.32 Å². The molecule has 2 aromatic rings. The second-order valence-electron chi connectivity index (χ2n) is 8.04. The molecule has 0 spiro atoms. The van der Waals surface area contributed by atoms with Crippen LogP contribution in [0.3, 0.4) is 0 Å². The van der Waals surface area contributed by atoms with Gasteiger partial charge in [-0.2, -0.15) is 5.26 Å². The molecule has 2 aromatic carbocycles. The van der Waals surface area contributed by atoms with E-state index in [1.165, 1.54) is 12.1 Å². The summed E-state index contributed by atoms with van der Waals surface area (Å²) in [6, 6.07) is 15.4. The van der Waals surface area contributed by atoms with Crippen LogP contribution in [0.15, 0.2) is 48.5 Å². The van der Waals surface area contributed by atoms with Crippen LogP contribution in [0.1, 0.15) is 40.7 Å². The van der Waals surface area contributed by atoms with Crippen LogP contribution in [0.4, 0.5) is 4.39 Å². The van der Waals surface area contributed by atoms with Crippen LogP contribution >= 0.6 is 0 Å². The maximum atomic E-state index is 12.9. The van der Waals surface area contributed by atoms with Crippen molar-refractivity contribution in [2.24, 2.45) is 5.92 Å². The van der Waals surface area contributed by atoms with Crippen molar-refractivity contribution in [3.8, 4) is 6.07 Å². The van der Waals surface area contributed by atoms with Crippen molar-refractivity contribution < 1.29 is 13.9 Å². The predicted molar refractivity (Wildman–Crippen MR) is 118 cm³/mol. The Kier molecular flexibility index (Phi) is 9.01. The Morgan fingerprint density at radius 3 is 2.71 bits per heavy atom. The van der Waals surface area contributed by atoms with Gasteiger partial charge in [-0.1, -0.05) is 18.2 Å². The fourth-order valence-corrected chi connectivity index (χ4v) is 3.80. The first-order chi connectivity index (χ1) is 15.1. The number of carbonyl (C=O) groups excluding carboxylic acids is 1. The lowest BCUT2D eigenvalue weighted by Gasteiger charge is -2.31. The smallest absolute Gasteiger partial charge is 0.251 e. The summed E-state index contributed by atoms with van der Waals surface area (Å²) < 4.78 is 18.8. The third-order valence-electron chi connectivity index (χ3n) is 5.70. The Labute approximate surface area is 183 Å². The molecule has 1 N–H and O–H groups in total. The topological polar surface area (TPSA) is 65.4 Å². The molecule has 5 nitrogen and oxygen atoms in total. The first-order valence-electron chi connectivity index (χ1n) is 11.0. The van der Waals surface area contributed by atoms with Gasteiger partial charge in [-0.05, 0) is 87.1 Å². The van der Waals surface area contributed by atoms with Crippen LogP contribution in [0.25, 0.3) is 0 Å². The maximum Gasteiger partial charge on any atom is 0.251 e. The Morgan fingerprint density at radius 1 is 1.19 bits per heavy atom. The molecule has 3 rings (SSSR count). The molecular weight excluding hydrogens is 393 g/mol. The number of piperidine rings is 1. The van der Waals surface area contributed by atoms with Crippen molar-refractivity contribution in [3.05, 3.63) is 71.0 Å². The fourth-order valence-electron chi connectivity index (χ4n) is 3.80. The number of hydrogen-bond acceptors (Lipinski definition) is 4. The number of hydrogen-bond donors (Lipinski definition) is 1. The summed E-state index contributed by atoms with van der Waals surface area (Å²) in [6.45, 7) is 5.17. The van der Waals surface area contributed by atoms with Crippen LogP contribution in [-0.4, -0.2) is 50.2 Å². The molecule has 1 aliphatic rings. The quantitative estimate of drug-likeness (QED) is 0.591. The molecule has 31 heavy (non-hydrogen) atoms. The highest BCUT2D eigenvalue weighted by atomic mass is 19.1. The Hall–Kier alpha value is -2.75.